The van der Waals surface area contributed by atoms with Gasteiger partial charge in [0.05, 0.1) is 6.10 Å². The Morgan fingerprint density at radius 2 is 1.63 bits per heavy atom. The average molecular weight is 285 g/mol. The van der Waals surface area contributed by atoms with Gasteiger partial charge in [0, 0.05) is 13.1 Å². The van der Waals surface area contributed by atoms with Crippen molar-refractivity contribution in [3.63, 3.8) is 0 Å². The predicted octanol–water partition coefficient (Wildman–Crippen LogP) is 3.08. The van der Waals surface area contributed by atoms with Gasteiger partial charge in [-0.15, -0.1) is 0 Å². The van der Waals surface area contributed by atoms with Crippen LogP contribution in [0.2, 0.25) is 5.28 Å². The fourth-order valence-electron chi connectivity index (χ4n) is 2.17. The Morgan fingerprint density at radius 1 is 1.00 bits per heavy atom. The minimum Gasteiger partial charge on any atom is -0.461 e. The number of anilines is 1. The molecule has 5 nitrogen and oxygen atoms in total. The number of ether oxygens (including phenoxy) is 1. The Morgan fingerprint density at radius 3 is 2.26 bits per heavy atom. The third kappa shape index (κ3) is 4.49. The number of rotatable bonds is 3. The van der Waals surface area contributed by atoms with Crippen molar-refractivity contribution < 1.29 is 4.74 Å². The molecule has 0 atom stereocenters. The molecule has 106 valence electrons. The number of nitrogens with zero attached hydrogens (tertiary/aromatic N) is 4. The van der Waals surface area contributed by atoms with Crippen molar-refractivity contribution in [3.05, 3.63) is 5.28 Å². The maximum Gasteiger partial charge on any atom is 0.322 e. The summed E-state index contributed by atoms with van der Waals surface area (Å²) in [6.07, 6.45) is 6.23. The lowest BCUT2D eigenvalue weighted by atomic mass is 10.1. The summed E-state index contributed by atoms with van der Waals surface area (Å²) in [6.45, 7) is 5.82. The fourth-order valence-corrected chi connectivity index (χ4v) is 2.32. The number of hydrogen-bond donors (Lipinski definition) is 0. The first-order valence-corrected chi connectivity index (χ1v) is 7.36. The van der Waals surface area contributed by atoms with Gasteiger partial charge in [-0.1, -0.05) is 19.3 Å². The molecule has 0 N–H and O–H groups in total. The first-order chi connectivity index (χ1) is 9.15. The smallest absolute Gasteiger partial charge is 0.322 e. The van der Waals surface area contributed by atoms with Gasteiger partial charge in [-0.05, 0) is 38.3 Å². The van der Waals surface area contributed by atoms with Crippen LogP contribution in [0.3, 0.4) is 0 Å². The van der Waals surface area contributed by atoms with Gasteiger partial charge < -0.3 is 9.64 Å². The molecule has 0 aliphatic carbocycles. The van der Waals surface area contributed by atoms with Crippen molar-refractivity contribution in [2.75, 3.05) is 18.0 Å². The van der Waals surface area contributed by atoms with E-state index in [0.29, 0.717) is 12.0 Å². The fraction of sp³-hybridized carbons (Fsp3) is 0.769. The van der Waals surface area contributed by atoms with E-state index >= 15 is 0 Å². The van der Waals surface area contributed by atoms with Gasteiger partial charge in [0.15, 0.2) is 0 Å². The highest BCUT2D eigenvalue weighted by molar-refractivity contribution is 6.28. The van der Waals surface area contributed by atoms with Gasteiger partial charge in [-0.2, -0.15) is 15.0 Å². The summed E-state index contributed by atoms with van der Waals surface area (Å²) in [4.78, 5) is 14.8. The molecule has 1 aromatic heterocycles. The summed E-state index contributed by atoms with van der Waals surface area (Å²) in [7, 11) is 0. The van der Waals surface area contributed by atoms with Crippen LogP contribution in [0.25, 0.3) is 0 Å². The Hall–Kier alpha value is -1.10. The van der Waals surface area contributed by atoms with Crippen molar-refractivity contribution in [2.24, 2.45) is 0 Å². The zero-order chi connectivity index (χ0) is 13.7. The van der Waals surface area contributed by atoms with Gasteiger partial charge >= 0.3 is 6.01 Å². The number of halogens is 1. The lowest BCUT2D eigenvalue weighted by Crippen LogP contribution is -2.29. The van der Waals surface area contributed by atoms with E-state index in [2.05, 4.69) is 19.9 Å². The van der Waals surface area contributed by atoms with Crippen LogP contribution < -0.4 is 9.64 Å². The van der Waals surface area contributed by atoms with E-state index < -0.39 is 0 Å². The molecule has 1 aliphatic rings. The summed E-state index contributed by atoms with van der Waals surface area (Å²) in [5, 5.41) is 0.197. The van der Waals surface area contributed by atoms with Crippen LogP contribution in [0.15, 0.2) is 0 Å². The molecule has 0 spiro atoms. The maximum absolute atomic E-state index is 5.96. The van der Waals surface area contributed by atoms with Crippen molar-refractivity contribution in [3.8, 4) is 6.01 Å². The van der Waals surface area contributed by atoms with Gasteiger partial charge in [0.25, 0.3) is 0 Å². The largest absolute Gasteiger partial charge is 0.461 e. The first kappa shape index (κ1) is 14.3. The van der Waals surface area contributed by atoms with Crippen molar-refractivity contribution >= 4 is 17.5 Å². The Balaban J connectivity index is 2.14. The molecule has 1 aromatic rings. The molecule has 0 unspecified atom stereocenters. The molecule has 0 aromatic carbocycles. The van der Waals surface area contributed by atoms with E-state index in [1.165, 1.54) is 32.1 Å². The topological polar surface area (TPSA) is 51.1 Å². The first-order valence-electron chi connectivity index (χ1n) is 6.98. The minimum atomic E-state index is 0.0265. The Labute approximate surface area is 119 Å². The van der Waals surface area contributed by atoms with Crippen LogP contribution in [0.5, 0.6) is 6.01 Å². The second-order valence-corrected chi connectivity index (χ2v) is 5.45. The standard InChI is InChI=1S/C13H21ClN4O/c1-10(2)19-13-16-11(14)15-12(17-13)18-8-6-4-3-5-7-9-18/h10H,3-9H2,1-2H3. The maximum atomic E-state index is 5.96. The van der Waals surface area contributed by atoms with Crippen LogP contribution in [-0.2, 0) is 0 Å². The molecule has 2 rings (SSSR count). The van der Waals surface area contributed by atoms with E-state index in [1.54, 1.807) is 0 Å². The molecular weight excluding hydrogens is 264 g/mol. The molecule has 0 saturated carbocycles. The second-order valence-electron chi connectivity index (χ2n) is 5.11. The summed E-state index contributed by atoms with van der Waals surface area (Å²) in [6, 6.07) is 0.312. The summed E-state index contributed by atoms with van der Waals surface area (Å²) in [5.74, 6) is 0.637. The quantitative estimate of drug-likeness (QED) is 0.854. The molecule has 1 fully saturated rings. The van der Waals surface area contributed by atoms with E-state index in [1.807, 2.05) is 13.8 Å². The average Bonchev–Trinajstić information content (AvgIpc) is 2.26. The van der Waals surface area contributed by atoms with Gasteiger partial charge in [0.2, 0.25) is 11.2 Å². The van der Waals surface area contributed by atoms with Crippen LogP contribution >= 0.6 is 11.6 Å². The molecule has 6 heteroatoms. The summed E-state index contributed by atoms with van der Waals surface area (Å²) >= 11 is 5.96. The van der Waals surface area contributed by atoms with E-state index in [0.717, 1.165) is 13.1 Å². The monoisotopic (exact) mass is 284 g/mol. The molecule has 1 saturated heterocycles. The molecule has 2 heterocycles. The van der Waals surface area contributed by atoms with Gasteiger partial charge in [-0.3, -0.25) is 0 Å². The van der Waals surface area contributed by atoms with E-state index in [9.17, 15) is 0 Å². The predicted molar refractivity (Wildman–Crippen MR) is 75.9 cm³/mol. The molecular formula is C13H21ClN4O. The molecule has 0 amide bonds. The van der Waals surface area contributed by atoms with Crippen LogP contribution in [0, 0.1) is 0 Å². The Kier molecular flexibility index (Phi) is 5.19. The lowest BCUT2D eigenvalue weighted by Gasteiger charge is -2.24. The SMILES string of the molecule is CC(C)Oc1nc(Cl)nc(N2CCCCCCC2)n1. The van der Waals surface area contributed by atoms with Crippen molar-refractivity contribution in [1.29, 1.82) is 0 Å². The van der Waals surface area contributed by atoms with Crippen molar-refractivity contribution in [2.45, 2.75) is 52.1 Å². The molecule has 0 radical (unpaired) electrons. The lowest BCUT2D eigenvalue weighted by molar-refractivity contribution is 0.221. The molecule has 19 heavy (non-hydrogen) atoms. The highest BCUT2D eigenvalue weighted by Gasteiger charge is 2.15. The van der Waals surface area contributed by atoms with E-state index in [-0.39, 0.29) is 11.4 Å². The Bertz CT molecular complexity index is 406. The van der Waals surface area contributed by atoms with Crippen molar-refractivity contribution in [1.82, 2.24) is 15.0 Å². The number of hydrogen-bond acceptors (Lipinski definition) is 5. The third-order valence-electron chi connectivity index (χ3n) is 3.06. The zero-order valence-electron chi connectivity index (χ0n) is 11.6. The zero-order valence-corrected chi connectivity index (χ0v) is 12.4. The van der Waals surface area contributed by atoms with Crippen LogP contribution in [-0.4, -0.2) is 34.1 Å². The normalized spacial score (nSPS) is 17.2. The summed E-state index contributed by atoms with van der Waals surface area (Å²) in [5.41, 5.74) is 0. The van der Waals surface area contributed by atoms with E-state index in [4.69, 9.17) is 16.3 Å². The number of aromatic nitrogens is 3. The molecule has 1 aliphatic heterocycles. The van der Waals surface area contributed by atoms with Gasteiger partial charge in [0.1, 0.15) is 0 Å². The summed E-state index contributed by atoms with van der Waals surface area (Å²) < 4.78 is 5.51. The van der Waals surface area contributed by atoms with Gasteiger partial charge in [-0.25, -0.2) is 0 Å². The highest BCUT2D eigenvalue weighted by Crippen LogP contribution is 2.19. The third-order valence-corrected chi connectivity index (χ3v) is 3.22. The second kappa shape index (κ2) is 6.89. The van der Waals surface area contributed by atoms with Crippen LogP contribution in [0.4, 0.5) is 5.95 Å². The highest BCUT2D eigenvalue weighted by atomic mass is 35.5. The van der Waals surface area contributed by atoms with Crippen LogP contribution in [0.1, 0.15) is 46.0 Å². The molecule has 0 bridgehead atoms. The minimum absolute atomic E-state index is 0.0265.